The Bertz CT molecular complexity index is 471. The van der Waals surface area contributed by atoms with Crippen molar-refractivity contribution in [2.24, 2.45) is 0 Å². The molecule has 0 bridgehead atoms. The number of anilines is 1. The van der Waals surface area contributed by atoms with Gasteiger partial charge in [0.25, 0.3) is 0 Å². The number of hydrogen-bond acceptors (Lipinski definition) is 3. The molecule has 0 aliphatic heterocycles. The van der Waals surface area contributed by atoms with Crippen molar-refractivity contribution in [3.63, 3.8) is 0 Å². The van der Waals surface area contributed by atoms with E-state index in [1.54, 1.807) is 18.2 Å². The maximum Gasteiger partial charge on any atom is 0.178 e. The highest BCUT2D eigenvalue weighted by Crippen LogP contribution is 2.24. The van der Waals surface area contributed by atoms with E-state index in [-0.39, 0.29) is 5.75 Å². The quantitative estimate of drug-likeness (QED) is 0.645. The first-order valence-electron chi connectivity index (χ1n) is 5.75. The van der Waals surface area contributed by atoms with Crippen LogP contribution in [-0.4, -0.2) is 14.2 Å². The van der Waals surface area contributed by atoms with Crippen molar-refractivity contribution in [1.29, 1.82) is 0 Å². The van der Waals surface area contributed by atoms with Crippen LogP contribution in [0.15, 0.2) is 27.6 Å². The molecule has 1 rings (SSSR count). The molecule has 0 saturated heterocycles. The van der Waals surface area contributed by atoms with Crippen LogP contribution >= 0.6 is 15.9 Å². The van der Waals surface area contributed by atoms with Gasteiger partial charge in [-0.25, -0.2) is 8.42 Å². The third kappa shape index (κ3) is 4.32. The summed E-state index contributed by atoms with van der Waals surface area (Å²) in [4.78, 5) is 0.343. The lowest BCUT2D eigenvalue weighted by Crippen LogP contribution is -2.07. The van der Waals surface area contributed by atoms with Crippen molar-refractivity contribution >= 4 is 31.5 Å². The lowest BCUT2D eigenvalue weighted by Gasteiger charge is -2.06. The Labute approximate surface area is 111 Å². The number of unbranched alkanes of at least 4 members (excludes halogenated alkanes) is 3. The van der Waals surface area contributed by atoms with Gasteiger partial charge in [-0.2, -0.15) is 0 Å². The number of rotatable bonds is 6. The largest absolute Gasteiger partial charge is 0.398 e. The van der Waals surface area contributed by atoms with E-state index in [1.165, 1.54) is 0 Å². The van der Waals surface area contributed by atoms with Crippen molar-refractivity contribution in [3.05, 3.63) is 22.7 Å². The van der Waals surface area contributed by atoms with Gasteiger partial charge in [0.1, 0.15) is 0 Å². The fraction of sp³-hybridized carbons (Fsp3) is 0.500. The lowest BCUT2D eigenvalue weighted by molar-refractivity contribution is 0.589. The molecule has 0 amide bonds. The Balaban J connectivity index is 2.72. The van der Waals surface area contributed by atoms with E-state index in [2.05, 4.69) is 22.9 Å². The fourth-order valence-electron chi connectivity index (χ4n) is 1.54. The minimum atomic E-state index is -3.17. The summed E-state index contributed by atoms with van der Waals surface area (Å²) >= 11 is 3.24. The zero-order chi connectivity index (χ0) is 12.9. The molecule has 0 radical (unpaired) electrons. The summed E-state index contributed by atoms with van der Waals surface area (Å²) in [6, 6.07) is 4.75. The monoisotopic (exact) mass is 319 g/mol. The van der Waals surface area contributed by atoms with Crippen molar-refractivity contribution in [2.45, 2.75) is 37.5 Å². The molecule has 96 valence electrons. The van der Waals surface area contributed by atoms with E-state index in [0.717, 1.165) is 25.7 Å². The molecule has 0 saturated carbocycles. The van der Waals surface area contributed by atoms with Crippen LogP contribution in [-0.2, 0) is 9.84 Å². The van der Waals surface area contributed by atoms with Gasteiger partial charge in [-0.3, -0.25) is 0 Å². The molecule has 0 aromatic heterocycles. The van der Waals surface area contributed by atoms with Crippen LogP contribution in [0.1, 0.15) is 32.6 Å². The smallest absolute Gasteiger partial charge is 0.178 e. The van der Waals surface area contributed by atoms with Gasteiger partial charge in [-0.1, -0.05) is 26.2 Å². The van der Waals surface area contributed by atoms with Crippen molar-refractivity contribution in [3.8, 4) is 0 Å². The number of nitrogens with two attached hydrogens (primary N) is 1. The first-order chi connectivity index (χ1) is 7.97. The Kier molecular flexibility index (Phi) is 5.46. The highest BCUT2D eigenvalue weighted by molar-refractivity contribution is 9.10. The Morgan fingerprint density at radius 1 is 1.24 bits per heavy atom. The van der Waals surface area contributed by atoms with E-state index < -0.39 is 9.84 Å². The molecule has 1 aromatic carbocycles. The molecule has 5 heteroatoms. The molecule has 3 nitrogen and oxygen atoms in total. The highest BCUT2D eigenvalue weighted by Gasteiger charge is 2.14. The average molecular weight is 320 g/mol. The zero-order valence-electron chi connectivity index (χ0n) is 9.95. The Morgan fingerprint density at radius 2 is 1.94 bits per heavy atom. The molecule has 1 aromatic rings. The SMILES string of the molecule is CCCCCCS(=O)(=O)c1ccc(N)c(Br)c1. The molecule has 0 fully saturated rings. The number of hydrogen-bond donors (Lipinski definition) is 1. The number of benzene rings is 1. The zero-order valence-corrected chi connectivity index (χ0v) is 12.4. The van der Waals surface area contributed by atoms with Gasteiger partial charge in [0.15, 0.2) is 9.84 Å². The maximum atomic E-state index is 12.0. The Hall–Kier alpha value is -0.550. The van der Waals surface area contributed by atoms with Crippen LogP contribution in [0.5, 0.6) is 0 Å². The summed E-state index contributed by atoms with van der Waals surface area (Å²) in [7, 11) is -3.17. The second-order valence-corrected chi connectivity index (χ2v) is 7.03. The van der Waals surface area contributed by atoms with Gasteiger partial charge in [0.05, 0.1) is 10.6 Å². The summed E-state index contributed by atoms with van der Waals surface area (Å²) in [6.07, 6.45) is 3.87. The van der Waals surface area contributed by atoms with Crippen LogP contribution in [0.3, 0.4) is 0 Å². The summed E-state index contributed by atoms with van der Waals surface area (Å²) in [6.45, 7) is 2.10. The normalized spacial score (nSPS) is 11.6. The summed E-state index contributed by atoms with van der Waals surface area (Å²) < 4.78 is 24.6. The van der Waals surface area contributed by atoms with E-state index in [9.17, 15) is 8.42 Å². The van der Waals surface area contributed by atoms with Crippen LogP contribution in [0.4, 0.5) is 5.69 Å². The van der Waals surface area contributed by atoms with Gasteiger partial charge in [-0.15, -0.1) is 0 Å². The van der Waals surface area contributed by atoms with E-state index in [0.29, 0.717) is 15.1 Å². The fourth-order valence-corrected chi connectivity index (χ4v) is 3.46. The third-order valence-electron chi connectivity index (χ3n) is 2.60. The highest BCUT2D eigenvalue weighted by atomic mass is 79.9. The van der Waals surface area contributed by atoms with Gasteiger partial charge in [-0.05, 0) is 40.5 Å². The molecule has 0 aliphatic rings. The second kappa shape index (κ2) is 6.40. The van der Waals surface area contributed by atoms with Gasteiger partial charge in [0.2, 0.25) is 0 Å². The lowest BCUT2D eigenvalue weighted by atomic mass is 10.2. The topological polar surface area (TPSA) is 60.2 Å². The minimum absolute atomic E-state index is 0.212. The first-order valence-corrected chi connectivity index (χ1v) is 8.19. The van der Waals surface area contributed by atoms with E-state index >= 15 is 0 Å². The van der Waals surface area contributed by atoms with Gasteiger partial charge in [0, 0.05) is 10.2 Å². The van der Waals surface area contributed by atoms with Crippen molar-refractivity contribution < 1.29 is 8.42 Å². The van der Waals surface area contributed by atoms with Gasteiger partial charge < -0.3 is 5.73 Å². The molecule has 0 spiro atoms. The molecule has 0 unspecified atom stereocenters. The average Bonchev–Trinajstić information content (AvgIpc) is 2.28. The maximum absolute atomic E-state index is 12.0. The first kappa shape index (κ1) is 14.5. The van der Waals surface area contributed by atoms with Crippen LogP contribution in [0.2, 0.25) is 0 Å². The molecule has 0 aliphatic carbocycles. The van der Waals surface area contributed by atoms with E-state index in [1.807, 2.05) is 0 Å². The summed E-state index contributed by atoms with van der Waals surface area (Å²) in [5.41, 5.74) is 6.18. The van der Waals surface area contributed by atoms with Crippen molar-refractivity contribution in [1.82, 2.24) is 0 Å². The number of nitrogen functional groups attached to an aromatic ring is 1. The third-order valence-corrected chi connectivity index (χ3v) is 5.08. The number of halogens is 1. The molecule has 17 heavy (non-hydrogen) atoms. The minimum Gasteiger partial charge on any atom is -0.398 e. The van der Waals surface area contributed by atoms with E-state index in [4.69, 9.17) is 5.73 Å². The molecule has 2 N–H and O–H groups in total. The predicted octanol–water partition coefficient (Wildman–Crippen LogP) is 3.39. The standard InChI is InChI=1S/C12H18BrNO2S/c1-2-3-4-5-8-17(15,16)10-6-7-12(14)11(13)9-10/h6-7,9H,2-5,8,14H2,1H3. The molecule has 0 atom stereocenters. The van der Waals surface area contributed by atoms with Crippen LogP contribution in [0.25, 0.3) is 0 Å². The molecular formula is C12H18BrNO2S. The van der Waals surface area contributed by atoms with Gasteiger partial charge >= 0.3 is 0 Å². The van der Waals surface area contributed by atoms with Crippen LogP contribution in [0, 0.1) is 0 Å². The second-order valence-electron chi connectivity index (χ2n) is 4.06. The Morgan fingerprint density at radius 3 is 2.53 bits per heavy atom. The van der Waals surface area contributed by atoms with Crippen LogP contribution < -0.4 is 5.73 Å². The molecular weight excluding hydrogens is 302 g/mol. The molecule has 0 heterocycles. The van der Waals surface area contributed by atoms with Crippen molar-refractivity contribution in [2.75, 3.05) is 11.5 Å². The number of sulfone groups is 1. The summed E-state index contributed by atoms with van der Waals surface area (Å²) in [5, 5.41) is 0. The predicted molar refractivity (Wildman–Crippen MR) is 74.7 cm³/mol. The summed E-state index contributed by atoms with van der Waals surface area (Å²) in [5.74, 6) is 0.212.